The molecular weight excluding hydrogens is 490 g/mol. The summed E-state index contributed by atoms with van der Waals surface area (Å²) >= 11 is 1.69. The van der Waals surface area contributed by atoms with Gasteiger partial charge < -0.3 is 14.8 Å². The van der Waals surface area contributed by atoms with Crippen molar-refractivity contribution in [1.82, 2.24) is 14.8 Å². The van der Waals surface area contributed by atoms with Gasteiger partial charge in [0.1, 0.15) is 5.69 Å². The van der Waals surface area contributed by atoms with Crippen LogP contribution in [-0.4, -0.2) is 33.6 Å². The molecule has 1 saturated carbocycles. The first kappa shape index (κ1) is 24.8. The molecule has 2 aliphatic rings. The van der Waals surface area contributed by atoms with Crippen LogP contribution in [0.3, 0.4) is 0 Å². The van der Waals surface area contributed by atoms with Gasteiger partial charge in [0.15, 0.2) is 5.54 Å². The van der Waals surface area contributed by atoms with Gasteiger partial charge >= 0.3 is 0 Å². The van der Waals surface area contributed by atoms with Crippen molar-refractivity contribution in [1.29, 1.82) is 0 Å². The Morgan fingerprint density at radius 1 is 0.947 bits per heavy atom. The molecule has 194 valence electrons. The molecule has 1 fully saturated rings. The van der Waals surface area contributed by atoms with E-state index in [-0.39, 0.29) is 17.9 Å². The van der Waals surface area contributed by atoms with E-state index < -0.39 is 5.54 Å². The number of fused-ring (bicyclic) bond motifs is 3. The molecule has 1 aromatic heterocycles. The van der Waals surface area contributed by atoms with Gasteiger partial charge in [-0.2, -0.15) is 0 Å². The Morgan fingerprint density at radius 3 is 2.39 bits per heavy atom. The second-order valence-corrected chi connectivity index (χ2v) is 11.3. The average Bonchev–Trinajstić information content (AvgIpc) is 3.34. The summed E-state index contributed by atoms with van der Waals surface area (Å²) in [6.45, 7) is 0.717. The molecule has 38 heavy (non-hydrogen) atoms. The maximum absolute atomic E-state index is 14.6. The number of para-hydroxylation sites is 1. The highest BCUT2D eigenvalue weighted by Gasteiger charge is 2.52. The quantitative estimate of drug-likeness (QED) is 0.299. The molecule has 6 rings (SSSR count). The molecule has 0 radical (unpaired) electrons. The number of carbonyl (C=O) groups excluding carboxylic acids is 2. The summed E-state index contributed by atoms with van der Waals surface area (Å²) in [7, 11) is 0. The van der Waals surface area contributed by atoms with Crippen LogP contribution in [0.4, 0.5) is 0 Å². The lowest BCUT2D eigenvalue weighted by atomic mass is 9.83. The Morgan fingerprint density at radius 2 is 1.66 bits per heavy atom. The van der Waals surface area contributed by atoms with E-state index in [4.69, 9.17) is 0 Å². The molecule has 0 saturated heterocycles. The van der Waals surface area contributed by atoms with Crippen molar-refractivity contribution in [2.75, 3.05) is 6.26 Å². The zero-order valence-corrected chi connectivity index (χ0v) is 22.5. The smallest absolute Gasteiger partial charge is 0.272 e. The summed E-state index contributed by atoms with van der Waals surface area (Å²) in [6.07, 6.45) is 7.49. The second kappa shape index (κ2) is 10.3. The van der Waals surface area contributed by atoms with E-state index >= 15 is 0 Å². The summed E-state index contributed by atoms with van der Waals surface area (Å²) < 4.78 is 2.05. The van der Waals surface area contributed by atoms with Gasteiger partial charge in [0.25, 0.3) is 11.8 Å². The molecule has 3 aromatic carbocycles. The number of hydrogen-bond donors (Lipinski definition) is 1. The molecule has 1 aliphatic heterocycles. The first-order valence-corrected chi connectivity index (χ1v) is 14.7. The van der Waals surface area contributed by atoms with E-state index in [2.05, 4.69) is 40.4 Å². The number of thioether (sulfide) groups is 1. The van der Waals surface area contributed by atoms with Crippen LogP contribution in [-0.2, 0) is 23.4 Å². The molecule has 0 bridgehead atoms. The third kappa shape index (κ3) is 4.31. The Hall–Kier alpha value is -3.51. The van der Waals surface area contributed by atoms with Crippen LogP contribution in [0.1, 0.15) is 53.7 Å². The molecule has 5 nitrogen and oxygen atoms in total. The predicted molar refractivity (Wildman–Crippen MR) is 153 cm³/mol. The predicted octanol–water partition coefficient (Wildman–Crippen LogP) is 6.36. The summed E-state index contributed by atoms with van der Waals surface area (Å²) in [4.78, 5) is 32.0. The van der Waals surface area contributed by atoms with Crippen molar-refractivity contribution in [2.45, 2.75) is 61.7 Å². The zero-order valence-electron chi connectivity index (χ0n) is 21.7. The molecule has 0 spiro atoms. The lowest BCUT2D eigenvalue weighted by Gasteiger charge is -2.47. The SMILES string of the molecule is CSc1ccc(CN2C(=O)c3cc4ccccc4n3CC2(C(=O)NC2CCCCC2)c2ccccc2)cc1. The molecule has 2 amide bonds. The Kier molecular flexibility index (Phi) is 6.75. The highest BCUT2D eigenvalue weighted by atomic mass is 32.2. The van der Waals surface area contributed by atoms with Crippen molar-refractivity contribution in [3.8, 4) is 0 Å². The molecule has 4 aromatic rings. The van der Waals surface area contributed by atoms with Gasteiger partial charge in [-0.1, -0.05) is 79.9 Å². The van der Waals surface area contributed by atoms with Crippen LogP contribution in [0, 0.1) is 0 Å². The van der Waals surface area contributed by atoms with Gasteiger partial charge in [-0.25, -0.2) is 0 Å². The van der Waals surface area contributed by atoms with E-state index in [0.29, 0.717) is 18.8 Å². The Balaban J connectivity index is 1.52. The normalized spacial score (nSPS) is 19.9. The minimum atomic E-state index is -1.18. The van der Waals surface area contributed by atoms with Crippen LogP contribution in [0.15, 0.2) is 89.8 Å². The third-order valence-electron chi connectivity index (χ3n) is 8.19. The van der Waals surface area contributed by atoms with Crippen LogP contribution in [0.5, 0.6) is 0 Å². The van der Waals surface area contributed by atoms with Crippen molar-refractivity contribution < 1.29 is 9.59 Å². The molecule has 1 unspecified atom stereocenters. The van der Waals surface area contributed by atoms with Crippen LogP contribution >= 0.6 is 11.8 Å². The molecule has 2 heterocycles. The number of amides is 2. The maximum atomic E-state index is 14.6. The monoisotopic (exact) mass is 523 g/mol. The fraction of sp³-hybridized carbons (Fsp3) is 0.312. The molecule has 6 heteroatoms. The van der Waals surface area contributed by atoms with E-state index in [1.807, 2.05) is 65.6 Å². The standard InChI is InChI=1S/C32H33N3O2S/c1-38-27-18-16-23(17-19-27)21-35-30(36)29-20-24-10-8-9-15-28(24)34(29)22-32(35,25-11-4-2-5-12-25)31(37)33-26-13-6-3-7-14-26/h2,4-5,8-12,15-20,26H,3,6-7,13-14,21-22H2,1H3,(H,33,37). The third-order valence-corrected chi connectivity index (χ3v) is 8.93. The highest BCUT2D eigenvalue weighted by molar-refractivity contribution is 7.98. The van der Waals surface area contributed by atoms with Crippen LogP contribution in [0.2, 0.25) is 0 Å². The number of aromatic nitrogens is 1. The fourth-order valence-corrected chi connectivity index (χ4v) is 6.55. The van der Waals surface area contributed by atoms with E-state index in [1.54, 1.807) is 11.8 Å². The minimum Gasteiger partial charge on any atom is -0.351 e. The van der Waals surface area contributed by atoms with Gasteiger partial charge in [-0.05, 0) is 54.5 Å². The molecule has 1 aliphatic carbocycles. The number of nitrogens with one attached hydrogen (secondary N) is 1. The van der Waals surface area contributed by atoms with Crippen LogP contribution < -0.4 is 5.32 Å². The first-order chi connectivity index (χ1) is 18.6. The van der Waals surface area contributed by atoms with E-state index in [9.17, 15) is 9.59 Å². The van der Waals surface area contributed by atoms with Gasteiger partial charge in [0.2, 0.25) is 0 Å². The largest absolute Gasteiger partial charge is 0.351 e. The number of nitrogens with zero attached hydrogens (tertiary/aromatic N) is 2. The van der Waals surface area contributed by atoms with Crippen LogP contribution in [0.25, 0.3) is 10.9 Å². The summed E-state index contributed by atoms with van der Waals surface area (Å²) in [5.41, 5.74) is 2.27. The minimum absolute atomic E-state index is 0.0897. The lowest BCUT2D eigenvalue weighted by Crippen LogP contribution is -2.64. The molecular formula is C32H33N3O2S. The molecule has 1 N–H and O–H groups in total. The summed E-state index contributed by atoms with van der Waals surface area (Å²) in [5.74, 6) is -0.211. The van der Waals surface area contributed by atoms with Gasteiger partial charge in [-0.3, -0.25) is 9.59 Å². The van der Waals surface area contributed by atoms with E-state index in [0.717, 1.165) is 47.7 Å². The summed E-state index contributed by atoms with van der Waals surface area (Å²) in [6, 6.07) is 28.3. The van der Waals surface area contributed by atoms with Gasteiger partial charge in [0.05, 0.1) is 6.54 Å². The highest BCUT2D eigenvalue weighted by Crippen LogP contribution is 2.40. The maximum Gasteiger partial charge on any atom is 0.272 e. The first-order valence-electron chi connectivity index (χ1n) is 13.5. The average molecular weight is 524 g/mol. The summed E-state index contributed by atoms with van der Waals surface area (Å²) in [5, 5.41) is 4.41. The van der Waals surface area contributed by atoms with Crippen molar-refractivity contribution in [3.63, 3.8) is 0 Å². The number of rotatable bonds is 6. The Labute approximate surface area is 228 Å². The van der Waals surface area contributed by atoms with Crippen molar-refractivity contribution >= 4 is 34.5 Å². The van der Waals surface area contributed by atoms with Crippen molar-refractivity contribution in [3.05, 3.63) is 102 Å². The topological polar surface area (TPSA) is 54.3 Å². The van der Waals surface area contributed by atoms with Gasteiger partial charge in [0, 0.05) is 28.4 Å². The zero-order chi connectivity index (χ0) is 26.1. The lowest BCUT2D eigenvalue weighted by molar-refractivity contribution is -0.136. The second-order valence-electron chi connectivity index (χ2n) is 10.4. The number of hydrogen-bond acceptors (Lipinski definition) is 3. The van der Waals surface area contributed by atoms with E-state index in [1.165, 1.54) is 11.3 Å². The number of benzene rings is 3. The molecule has 1 atom stereocenters. The Bertz CT molecular complexity index is 1460. The number of carbonyl (C=O) groups is 2. The van der Waals surface area contributed by atoms with Crippen molar-refractivity contribution in [2.24, 2.45) is 0 Å². The fourth-order valence-electron chi connectivity index (χ4n) is 6.14. The van der Waals surface area contributed by atoms with Gasteiger partial charge in [-0.15, -0.1) is 11.8 Å².